The molecule has 0 fully saturated rings. The van der Waals surface area contributed by atoms with Crippen molar-refractivity contribution in [1.82, 2.24) is 4.72 Å². The Kier molecular flexibility index (Phi) is 4.32. The molecule has 0 unspecified atom stereocenters. The normalized spacial score (nSPS) is 11.5. The number of anilines is 1. The number of halogens is 1. The van der Waals surface area contributed by atoms with E-state index < -0.39 is 10.0 Å². The van der Waals surface area contributed by atoms with Gasteiger partial charge in [-0.25, -0.2) is 13.1 Å². The Morgan fingerprint density at radius 1 is 1.15 bits per heavy atom. The van der Waals surface area contributed by atoms with Crippen LogP contribution >= 0.6 is 11.6 Å². The Balaban J connectivity index is 2.27. The molecule has 0 atom stereocenters. The third kappa shape index (κ3) is 3.12. The molecule has 0 saturated heterocycles. The first-order valence-electron chi connectivity index (χ1n) is 6.00. The zero-order valence-electron chi connectivity index (χ0n) is 10.9. The molecule has 2 aromatic rings. The van der Waals surface area contributed by atoms with E-state index in [0.29, 0.717) is 0 Å². The van der Waals surface area contributed by atoms with Crippen LogP contribution in [0.5, 0.6) is 0 Å². The van der Waals surface area contributed by atoms with Crippen LogP contribution in [0.15, 0.2) is 47.4 Å². The van der Waals surface area contributed by atoms with E-state index in [1.165, 1.54) is 12.1 Å². The molecule has 0 bridgehead atoms. The van der Waals surface area contributed by atoms with E-state index in [2.05, 4.69) is 4.72 Å². The third-order valence-corrected chi connectivity index (χ3v) is 4.92. The van der Waals surface area contributed by atoms with E-state index in [1.807, 2.05) is 31.2 Å². The van der Waals surface area contributed by atoms with Gasteiger partial charge in [0.05, 0.1) is 10.7 Å². The summed E-state index contributed by atoms with van der Waals surface area (Å²) >= 11 is 5.93. The highest BCUT2D eigenvalue weighted by atomic mass is 35.5. The summed E-state index contributed by atoms with van der Waals surface area (Å²) in [4.78, 5) is -0.0738. The summed E-state index contributed by atoms with van der Waals surface area (Å²) in [5, 5.41) is 0.113. The molecule has 0 aliphatic carbocycles. The average Bonchev–Trinajstić information content (AvgIpc) is 2.37. The molecular weight excluding hydrogens is 296 g/mol. The molecule has 0 radical (unpaired) electrons. The van der Waals surface area contributed by atoms with Crippen LogP contribution < -0.4 is 10.5 Å². The van der Waals surface area contributed by atoms with Gasteiger partial charge in [0.25, 0.3) is 0 Å². The highest BCUT2D eigenvalue weighted by molar-refractivity contribution is 7.89. The fraction of sp³-hybridized carbons (Fsp3) is 0.143. The Hall–Kier alpha value is -1.56. The SMILES string of the molecule is Cc1ccccc1CNS(=O)(=O)c1c(N)cccc1Cl. The largest absolute Gasteiger partial charge is 0.398 e. The Bertz CT molecular complexity index is 709. The summed E-state index contributed by atoms with van der Waals surface area (Å²) < 4.78 is 27.1. The summed E-state index contributed by atoms with van der Waals surface area (Å²) in [5.74, 6) is 0. The summed E-state index contributed by atoms with van der Waals surface area (Å²) in [6.45, 7) is 2.12. The number of nitrogens with one attached hydrogen (secondary N) is 1. The molecule has 0 spiro atoms. The molecular formula is C14H15ClN2O2S. The molecule has 0 heterocycles. The molecule has 0 aliphatic heterocycles. The molecule has 0 saturated carbocycles. The Labute approximate surface area is 123 Å². The first-order chi connectivity index (χ1) is 9.42. The maximum atomic E-state index is 12.3. The molecule has 106 valence electrons. The predicted molar refractivity (Wildman–Crippen MR) is 81.1 cm³/mol. The number of hydrogen-bond acceptors (Lipinski definition) is 3. The highest BCUT2D eigenvalue weighted by Crippen LogP contribution is 2.27. The summed E-state index contributed by atoms with van der Waals surface area (Å²) in [7, 11) is -3.74. The lowest BCUT2D eigenvalue weighted by atomic mass is 10.1. The van der Waals surface area contributed by atoms with E-state index >= 15 is 0 Å². The number of hydrogen-bond donors (Lipinski definition) is 2. The lowest BCUT2D eigenvalue weighted by molar-refractivity contribution is 0.581. The average molecular weight is 311 g/mol. The molecule has 0 aromatic heterocycles. The summed E-state index contributed by atoms with van der Waals surface area (Å²) in [5.41, 5.74) is 7.76. The zero-order chi connectivity index (χ0) is 14.8. The van der Waals surface area contributed by atoms with Crippen molar-refractivity contribution in [3.8, 4) is 0 Å². The van der Waals surface area contributed by atoms with Gasteiger partial charge >= 0.3 is 0 Å². The van der Waals surface area contributed by atoms with E-state index in [1.54, 1.807) is 6.07 Å². The van der Waals surface area contributed by atoms with Gasteiger partial charge in [0.2, 0.25) is 10.0 Å². The number of nitrogens with two attached hydrogens (primary N) is 1. The molecule has 0 amide bonds. The van der Waals surface area contributed by atoms with Crippen molar-refractivity contribution < 1.29 is 8.42 Å². The van der Waals surface area contributed by atoms with E-state index in [4.69, 9.17) is 17.3 Å². The van der Waals surface area contributed by atoms with Gasteiger partial charge in [-0.05, 0) is 30.2 Å². The van der Waals surface area contributed by atoms with Crippen LogP contribution in [0, 0.1) is 6.92 Å². The van der Waals surface area contributed by atoms with Crippen LogP contribution in [0.4, 0.5) is 5.69 Å². The number of nitrogen functional groups attached to an aromatic ring is 1. The maximum absolute atomic E-state index is 12.3. The minimum atomic E-state index is -3.74. The molecule has 2 aromatic carbocycles. The molecule has 3 N–H and O–H groups in total. The Morgan fingerprint density at radius 3 is 2.50 bits per heavy atom. The lowest BCUT2D eigenvalue weighted by Crippen LogP contribution is -2.24. The standard InChI is InChI=1S/C14H15ClN2O2S/c1-10-5-2-3-6-11(10)9-17-20(18,19)14-12(15)7-4-8-13(14)16/h2-8,17H,9,16H2,1H3. The maximum Gasteiger partial charge on any atom is 0.244 e. The second-order valence-corrected chi connectivity index (χ2v) is 6.52. The topological polar surface area (TPSA) is 72.2 Å². The fourth-order valence-electron chi connectivity index (χ4n) is 1.86. The number of sulfonamides is 1. The highest BCUT2D eigenvalue weighted by Gasteiger charge is 2.20. The number of aryl methyl sites for hydroxylation is 1. The van der Waals surface area contributed by atoms with Gasteiger partial charge in [-0.15, -0.1) is 0 Å². The van der Waals surface area contributed by atoms with Gasteiger partial charge in [0, 0.05) is 6.54 Å². The van der Waals surface area contributed by atoms with Crippen LogP contribution in [0.25, 0.3) is 0 Å². The first-order valence-corrected chi connectivity index (χ1v) is 7.86. The van der Waals surface area contributed by atoms with Crippen LogP contribution in [-0.2, 0) is 16.6 Å². The monoisotopic (exact) mass is 310 g/mol. The second kappa shape index (κ2) is 5.83. The van der Waals surface area contributed by atoms with Gasteiger partial charge in [-0.2, -0.15) is 0 Å². The van der Waals surface area contributed by atoms with Crippen LogP contribution in [0.1, 0.15) is 11.1 Å². The van der Waals surface area contributed by atoms with E-state index in [0.717, 1.165) is 11.1 Å². The van der Waals surface area contributed by atoms with E-state index in [9.17, 15) is 8.42 Å². The van der Waals surface area contributed by atoms with Gasteiger partial charge in [0.1, 0.15) is 4.90 Å². The van der Waals surface area contributed by atoms with Gasteiger partial charge in [-0.3, -0.25) is 0 Å². The second-order valence-electron chi connectivity index (χ2n) is 4.41. The van der Waals surface area contributed by atoms with E-state index in [-0.39, 0.29) is 22.2 Å². The fourth-order valence-corrected chi connectivity index (χ4v) is 3.54. The zero-order valence-corrected chi connectivity index (χ0v) is 12.5. The van der Waals surface area contributed by atoms with Crippen LogP contribution in [-0.4, -0.2) is 8.42 Å². The van der Waals surface area contributed by atoms with Crippen molar-refractivity contribution in [2.24, 2.45) is 0 Å². The smallest absolute Gasteiger partial charge is 0.244 e. The summed E-state index contributed by atoms with van der Waals surface area (Å²) in [6, 6.07) is 12.2. The van der Waals surface area contributed by atoms with Crippen LogP contribution in [0.2, 0.25) is 5.02 Å². The lowest BCUT2D eigenvalue weighted by Gasteiger charge is -2.11. The minimum Gasteiger partial charge on any atom is -0.398 e. The van der Waals surface area contributed by atoms with Crippen LogP contribution in [0.3, 0.4) is 0 Å². The van der Waals surface area contributed by atoms with Crippen molar-refractivity contribution in [2.75, 3.05) is 5.73 Å². The minimum absolute atomic E-state index is 0.0738. The molecule has 6 heteroatoms. The predicted octanol–water partition coefficient (Wildman–Crippen LogP) is 2.71. The molecule has 4 nitrogen and oxygen atoms in total. The van der Waals surface area contributed by atoms with Gasteiger partial charge in [-0.1, -0.05) is 41.9 Å². The first kappa shape index (κ1) is 14.8. The van der Waals surface area contributed by atoms with Crippen molar-refractivity contribution in [2.45, 2.75) is 18.4 Å². The number of rotatable bonds is 4. The van der Waals surface area contributed by atoms with Crippen molar-refractivity contribution in [1.29, 1.82) is 0 Å². The molecule has 2 rings (SSSR count). The van der Waals surface area contributed by atoms with Gasteiger partial charge < -0.3 is 5.73 Å². The van der Waals surface area contributed by atoms with Crippen molar-refractivity contribution >= 4 is 27.3 Å². The van der Waals surface area contributed by atoms with Crippen molar-refractivity contribution in [3.05, 3.63) is 58.6 Å². The molecule has 0 aliphatic rings. The Morgan fingerprint density at radius 2 is 1.85 bits per heavy atom. The molecule has 20 heavy (non-hydrogen) atoms. The van der Waals surface area contributed by atoms with Gasteiger partial charge in [0.15, 0.2) is 0 Å². The summed E-state index contributed by atoms with van der Waals surface area (Å²) in [6.07, 6.45) is 0. The number of benzene rings is 2. The third-order valence-electron chi connectivity index (χ3n) is 2.98. The van der Waals surface area contributed by atoms with Crippen molar-refractivity contribution in [3.63, 3.8) is 0 Å². The quantitative estimate of drug-likeness (QED) is 0.853.